The molecule has 1 fully saturated rings. The number of ether oxygens (including phenoxy) is 1. The number of hydrogen-bond donors (Lipinski definition) is 1. The number of para-hydroxylation sites is 1. The maximum Gasteiger partial charge on any atom is 0.256 e. The van der Waals surface area contributed by atoms with E-state index in [1.54, 1.807) is 0 Å². The van der Waals surface area contributed by atoms with Crippen LogP contribution in [0.3, 0.4) is 0 Å². The molecule has 0 radical (unpaired) electrons. The van der Waals surface area contributed by atoms with Crippen molar-refractivity contribution >= 4 is 27.5 Å². The standard InChI is InChI=1S/C23H27BrN2O2/c1-16-9-10-18(21(24)13-16)14-26(15-19-7-4-12-28-19)23(27)20-8-2-5-17-6-3-11-25-22(17)20/h2,5,8-10,13,19,25H,3-4,6-7,11-12,14-15H2,1H3. The molecule has 0 spiro atoms. The number of carbonyl (C=O) groups is 1. The molecule has 0 aliphatic carbocycles. The van der Waals surface area contributed by atoms with Gasteiger partial charge in [0, 0.05) is 30.7 Å². The van der Waals surface area contributed by atoms with E-state index in [0.29, 0.717) is 13.1 Å². The van der Waals surface area contributed by atoms with Gasteiger partial charge in [0.25, 0.3) is 5.91 Å². The zero-order valence-corrected chi connectivity index (χ0v) is 17.9. The van der Waals surface area contributed by atoms with Gasteiger partial charge in [-0.15, -0.1) is 0 Å². The van der Waals surface area contributed by atoms with E-state index in [1.165, 1.54) is 11.1 Å². The molecule has 0 saturated carbocycles. The third-order valence-electron chi connectivity index (χ3n) is 5.61. The van der Waals surface area contributed by atoms with E-state index in [2.05, 4.69) is 52.4 Å². The number of anilines is 1. The SMILES string of the molecule is Cc1ccc(CN(CC2CCCO2)C(=O)c2cccc3c2NCCC3)c(Br)c1. The molecule has 2 aromatic carbocycles. The molecule has 4 nitrogen and oxygen atoms in total. The van der Waals surface area contributed by atoms with Gasteiger partial charge in [-0.1, -0.05) is 40.2 Å². The first-order valence-corrected chi connectivity index (χ1v) is 10.9. The third-order valence-corrected chi connectivity index (χ3v) is 6.35. The van der Waals surface area contributed by atoms with Gasteiger partial charge in [-0.2, -0.15) is 0 Å². The average Bonchev–Trinajstić information content (AvgIpc) is 3.21. The summed E-state index contributed by atoms with van der Waals surface area (Å²) in [6.07, 6.45) is 4.35. The van der Waals surface area contributed by atoms with Crippen molar-refractivity contribution in [3.05, 3.63) is 63.1 Å². The summed E-state index contributed by atoms with van der Waals surface area (Å²) in [5.41, 5.74) is 5.35. The Labute approximate surface area is 175 Å². The summed E-state index contributed by atoms with van der Waals surface area (Å²) in [6, 6.07) is 12.4. The van der Waals surface area contributed by atoms with Crippen LogP contribution in [0.2, 0.25) is 0 Å². The van der Waals surface area contributed by atoms with E-state index < -0.39 is 0 Å². The minimum Gasteiger partial charge on any atom is -0.384 e. The highest BCUT2D eigenvalue weighted by atomic mass is 79.9. The Morgan fingerprint density at radius 2 is 2.18 bits per heavy atom. The fourth-order valence-corrected chi connectivity index (χ4v) is 4.72. The van der Waals surface area contributed by atoms with Gasteiger partial charge < -0.3 is 15.0 Å². The predicted molar refractivity (Wildman–Crippen MR) is 116 cm³/mol. The van der Waals surface area contributed by atoms with Crippen LogP contribution >= 0.6 is 15.9 Å². The molecule has 2 aliphatic heterocycles. The maximum atomic E-state index is 13.6. The number of fused-ring (bicyclic) bond motifs is 1. The van der Waals surface area contributed by atoms with Crippen molar-refractivity contribution in [2.45, 2.75) is 45.3 Å². The maximum absolute atomic E-state index is 13.6. The highest BCUT2D eigenvalue weighted by molar-refractivity contribution is 9.10. The number of carbonyl (C=O) groups excluding carboxylic acids is 1. The second-order valence-corrected chi connectivity index (χ2v) is 8.64. The van der Waals surface area contributed by atoms with E-state index in [4.69, 9.17) is 4.74 Å². The van der Waals surface area contributed by atoms with E-state index in [9.17, 15) is 4.79 Å². The van der Waals surface area contributed by atoms with Crippen LogP contribution in [0.15, 0.2) is 40.9 Å². The number of hydrogen-bond acceptors (Lipinski definition) is 3. The molecular weight excluding hydrogens is 416 g/mol. The lowest BCUT2D eigenvalue weighted by Gasteiger charge is -2.28. The quantitative estimate of drug-likeness (QED) is 0.712. The van der Waals surface area contributed by atoms with Crippen molar-refractivity contribution in [3.63, 3.8) is 0 Å². The minimum absolute atomic E-state index is 0.0780. The number of benzene rings is 2. The molecular formula is C23H27BrN2O2. The van der Waals surface area contributed by atoms with Gasteiger partial charge in [0.05, 0.1) is 17.4 Å². The van der Waals surface area contributed by atoms with Gasteiger partial charge in [-0.25, -0.2) is 0 Å². The highest BCUT2D eigenvalue weighted by Gasteiger charge is 2.27. The van der Waals surface area contributed by atoms with Crippen LogP contribution in [0.1, 0.15) is 46.3 Å². The summed E-state index contributed by atoms with van der Waals surface area (Å²) >= 11 is 3.67. The van der Waals surface area contributed by atoms with E-state index in [0.717, 1.165) is 60.1 Å². The van der Waals surface area contributed by atoms with E-state index >= 15 is 0 Å². The molecule has 2 aromatic rings. The molecule has 2 heterocycles. The number of halogens is 1. The molecule has 5 heteroatoms. The Kier molecular flexibility index (Phi) is 6.02. The summed E-state index contributed by atoms with van der Waals surface area (Å²) in [5.74, 6) is 0.0780. The van der Waals surface area contributed by atoms with Gasteiger partial charge in [0.15, 0.2) is 0 Å². The summed E-state index contributed by atoms with van der Waals surface area (Å²) in [4.78, 5) is 15.6. The van der Waals surface area contributed by atoms with E-state index in [-0.39, 0.29) is 12.0 Å². The second kappa shape index (κ2) is 8.66. The third kappa shape index (κ3) is 4.26. The lowest BCUT2D eigenvalue weighted by Crippen LogP contribution is -2.37. The van der Waals surface area contributed by atoms with Gasteiger partial charge in [-0.3, -0.25) is 4.79 Å². The fraction of sp³-hybridized carbons (Fsp3) is 0.435. The number of aryl methyl sites for hydroxylation is 2. The molecule has 1 atom stereocenters. The van der Waals surface area contributed by atoms with Crippen LogP contribution in [-0.4, -0.2) is 36.6 Å². The van der Waals surface area contributed by atoms with Gasteiger partial charge in [0.2, 0.25) is 0 Å². The average molecular weight is 443 g/mol. The molecule has 4 rings (SSSR count). The summed E-state index contributed by atoms with van der Waals surface area (Å²) in [5, 5.41) is 3.46. The normalized spacial score (nSPS) is 18.4. The molecule has 148 valence electrons. The zero-order chi connectivity index (χ0) is 19.5. The van der Waals surface area contributed by atoms with Crippen LogP contribution < -0.4 is 5.32 Å². The van der Waals surface area contributed by atoms with Crippen molar-refractivity contribution in [2.75, 3.05) is 25.0 Å². The summed E-state index contributed by atoms with van der Waals surface area (Å²) in [6.45, 7) is 4.99. The Morgan fingerprint density at radius 3 is 2.96 bits per heavy atom. The highest BCUT2D eigenvalue weighted by Crippen LogP contribution is 2.29. The Hall–Kier alpha value is -1.85. The molecule has 0 aromatic heterocycles. The molecule has 2 aliphatic rings. The van der Waals surface area contributed by atoms with Gasteiger partial charge in [0.1, 0.15) is 0 Å². The number of amides is 1. The first-order chi connectivity index (χ1) is 13.6. The molecule has 0 bridgehead atoms. The Morgan fingerprint density at radius 1 is 1.29 bits per heavy atom. The first kappa shape index (κ1) is 19.5. The number of rotatable bonds is 5. The molecule has 1 saturated heterocycles. The van der Waals surface area contributed by atoms with Crippen molar-refractivity contribution in [1.29, 1.82) is 0 Å². The second-order valence-electron chi connectivity index (χ2n) is 7.79. The molecule has 1 N–H and O–H groups in total. The monoisotopic (exact) mass is 442 g/mol. The van der Waals surface area contributed by atoms with Crippen molar-refractivity contribution in [3.8, 4) is 0 Å². The molecule has 1 amide bonds. The van der Waals surface area contributed by atoms with Crippen molar-refractivity contribution in [2.24, 2.45) is 0 Å². The van der Waals surface area contributed by atoms with Crippen LogP contribution in [0.25, 0.3) is 0 Å². The van der Waals surface area contributed by atoms with Crippen LogP contribution in [0.4, 0.5) is 5.69 Å². The van der Waals surface area contributed by atoms with Gasteiger partial charge >= 0.3 is 0 Å². The number of nitrogens with zero attached hydrogens (tertiary/aromatic N) is 1. The smallest absolute Gasteiger partial charge is 0.256 e. The largest absolute Gasteiger partial charge is 0.384 e. The zero-order valence-electron chi connectivity index (χ0n) is 16.3. The summed E-state index contributed by atoms with van der Waals surface area (Å²) in [7, 11) is 0. The Balaban J connectivity index is 1.63. The first-order valence-electron chi connectivity index (χ1n) is 10.1. The van der Waals surface area contributed by atoms with Crippen LogP contribution in [0, 0.1) is 6.92 Å². The minimum atomic E-state index is 0.0780. The molecule has 1 unspecified atom stereocenters. The van der Waals surface area contributed by atoms with E-state index in [1.807, 2.05) is 17.0 Å². The van der Waals surface area contributed by atoms with Crippen molar-refractivity contribution < 1.29 is 9.53 Å². The lowest BCUT2D eigenvalue weighted by atomic mass is 9.98. The number of nitrogens with one attached hydrogen (secondary N) is 1. The fourth-order valence-electron chi connectivity index (χ4n) is 4.10. The van der Waals surface area contributed by atoms with Crippen molar-refractivity contribution in [1.82, 2.24) is 4.90 Å². The van der Waals surface area contributed by atoms with Crippen LogP contribution in [0.5, 0.6) is 0 Å². The summed E-state index contributed by atoms with van der Waals surface area (Å²) < 4.78 is 6.90. The van der Waals surface area contributed by atoms with Gasteiger partial charge in [-0.05, 0) is 61.4 Å². The lowest BCUT2D eigenvalue weighted by molar-refractivity contribution is 0.0507. The Bertz CT molecular complexity index is 862. The topological polar surface area (TPSA) is 41.6 Å². The predicted octanol–water partition coefficient (Wildman–Crippen LogP) is 4.94. The molecule has 28 heavy (non-hydrogen) atoms. The van der Waals surface area contributed by atoms with Crippen LogP contribution in [-0.2, 0) is 17.7 Å².